The Hall–Kier alpha value is -2.18. The smallest absolute Gasteiger partial charge is 0.298 e. The summed E-state index contributed by atoms with van der Waals surface area (Å²) in [5.41, 5.74) is 0.927. The molecule has 0 saturated heterocycles. The average molecular weight is 269 g/mol. The fourth-order valence-corrected chi connectivity index (χ4v) is 1.76. The van der Waals surface area contributed by atoms with Gasteiger partial charge in [-0.1, -0.05) is 0 Å². The zero-order chi connectivity index (χ0) is 14.2. The molecule has 0 saturated carbocycles. The maximum atomic E-state index is 12.4. The van der Waals surface area contributed by atoms with Crippen molar-refractivity contribution in [2.75, 3.05) is 0 Å². The van der Waals surface area contributed by atoms with E-state index in [2.05, 4.69) is 10.1 Å². The van der Waals surface area contributed by atoms with Crippen LogP contribution in [0.25, 0.3) is 5.69 Å². The maximum Gasteiger partial charge on any atom is 0.433 e. The summed E-state index contributed by atoms with van der Waals surface area (Å²) in [7, 11) is 0. The summed E-state index contributed by atoms with van der Waals surface area (Å²) in [4.78, 5) is 14.2. The van der Waals surface area contributed by atoms with Crippen molar-refractivity contribution in [3.63, 3.8) is 0 Å². The van der Waals surface area contributed by atoms with Crippen molar-refractivity contribution in [3.8, 4) is 5.69 Å². The molecular weight excluding hydrogens is 259 g/mol. The number of aryl methyl sites for hydroxylation is 1. The van der Waals surface area contributed by atoms with Crippen LogP contribution in [0.2, 0.25) is 0 Å². The number of alkyl halides is 3. The average Bonchev–Trinajstić information content (AvgIpc) is 2.63. The standard InChI is InChI=1S/C12H10F3N3O/c1-7-10(6-19)8(2)18(17-7)9-3-4-11(16-5-9)12(13,14)15/h3-6H,1-2H3. The normalized spacial score (nSPS) is 11.6. The molecular formula is C12H10F3N3O. The number of rotatable bonds is 2. The van der Waals surface area contributed by atoms with Gasteiger partial charge in [0.2, 0.25) is 0 Å². The molecule has 0 aromatic carbocycles. The molecule has 2 aromatic rings. The highest BCUT2D eigenvalue weighted by molar-refractivity contribution is 5.78. The molecule has 0 fully saturated rings. The zero-order valence-electron chi connectivity index (χ0n) is 10.2. The first-order valence-electron chi connectivity index (χ1n) is 5.39. The number of aldehydes is 1. The number of nitrogens with zero attached hydrogens (tertiary/aromatic N) is 3. The number of halogens is 3. The second-order valence-electron chi connectivity index (χ2n) is 4.01. The summed E-state index contributed by atoms with van der Waals surface area (Å²) in [5.74, 6) is 0. The van der Waals surface area contributed by atoms with Crippen molar-refractivity contribution in [3.05, 3.63) is 41.0 Å². The van der Waals surface area contributed by atoms with Gasteiger partial charge in [0.25, 0.3) is 0 Å². The summed E-state index contributed by atoms with van der Waals surface area (Å²) in [6.07, 6.45) is -2.72. The van der Waals surface area contributed by atoms with Gasteiger partial charge < -0.3 is 0 Å². The Balaban J connectivity index is 2.46. The maximum absolute atomic E-state index is 12.4. The molecule has 2 aromatic heterocycles. The van der Waals surface area contributed by atoms with E-state index in [0.29, 0.717) is 28.9 Å². The molecule has 100 valence electrons. The summed E-state index contributed by atoms with van der Waals surface area (Å²) in [5, 5.41) is 4.11. The van der Waals surface area contributed by atoms with E-state index in [0.717, 1.165) is 12.3 Å². The molecule has 2 heterocycles. The van der Waals surface area contributed by atoms with Crippen molar-refractivity contribution in [1.29, 1.82) is 0 Å². The van der Waals surface area contributed by atoms with Gasteiger partial charge in [-0.05, 0) is 26.0 Å². The van der Waals surface area contributed by atoms with Crippen LogP contribution in [-0.2, 0) is 6.18 Å². The highest BCUT2D eigenvalue weighted by Gasteiger charge is 2.32. The Morgan fingerprint density at radius 2 is 1.95 bits per heavy atom. The topological polar surface area (TPSA) is 47.8 Å². The molecule has 0 aliphatic carbocycles. The van der Waals surface area contributed by atoms with Gasteiger partial charge in [0.1, 0.15) is 5.69 Å². The molecule has 19 heavy (non-hydrogen) atoms. The molecule has 0 aliphatic rings. The Morgan fingerprint density at radius 1 is 1.26 bits per heavy atom. The Labute approximate surface area is 106 Å². The number of carbonyl (C=O) groups excluding carboxylic acids is 1. The van der Waals surface area contributed by atoms with E-state index in [4.69, 9.17) is 0 Å². The van der Waals surface area contributed by atoms with Crippen LogP contribution < -0.4 is 0 Å². The minimum absolute atomic E-state index is 0.377. The van der Waals surface area contributed by atoms with E-state index < -0.39 is 11.9 Å². The lowest BCUT2D eigenvalue weighted by Gasteiger charge is -2.07. The van der Waals surface area contributed by atoms with E-state index in [1.54, 1.807) is 13.8 Å². The van der Waals surface area contributed by atoms with Crippen LogP contribution in [0.4, 0.5) is 13.2 Å². The quantitative estimate of drug-likeness (QED) is 0.787. The molecule has 0 atom stereocenters. The lowest BCUT2D eigenvalue weighted by Crippen LogP contribution is -2.09. The Kier molecular flexibility index (Phi) is 3.13. The van der Waals surface area contributed by atoms with Gasteiger partial charge in [-0.3, -0.25) is 4.79 Å². The van der Waals surface area contributed by atoms with Crippen molar-refractivity contribution in [2.24, 2.45) is 0 Å². The molecule has 0 N–H and O–H groups in total. The van der Waals surface area contributed by atoms with Crippen molar-refractivity contribution >= 4 is 6.29 Å². The van der Waals surface area contributed by atoms with Crippen LogP contribution in [0, 0.1) is 13.8 Å². The van der Waals surface area contributed by atoms with Gasteiger partial charge in [0, 0.05) is 0 Å². The van der Waals surface area contributed by atoms with Gasteiger partial charge in [0.05, 0.1) is 28.8 Å². The van der Waals surface area contributed by atoms with Gasteiger partial charge in [-0.25, -0.2) is 9.67 Å². The van der Waals surface area contributed by atoms with Crippen molar-refractivity contribution < 1.29 is 18.0 Å². The summed E-state index contributed by atoms with van der Waals surface area (Å²) >= 11 is 0. The van der Waals surface area contributed by atoms with Crippen LogP contribution >= 0.6 is 0 Å². The molecule has 0 unspecified atom stereocenters. The zero-order valence-corrected chi connectivity index (χ0v) is 10.2. The van der Waals surface area contributed by atoms with Crippen LogP contribution in [0.15, 0.2) is 18.3 Å². The van der Waals surface area contributed by atoms with Crippen LogP contribution in [0.1, 0.15) is 27.4 Å². The van der Waals surface area contributed by atoms with E-state index in [1.165, 1.54) is 10.7 Å². The minimum atomic E-state index is -4.47. The van der Waals surface area contributed by atoms with E-state index in [-0.39, 0.29) is 0 Å². The number of hydrogen-bond acceptors (Lipinski definition) is 3. The number of carbonyl (C=O) groups is 1. The molecule has 4 nitrogen and oxygen atoms in total. The van der Waals surface area contributed by atoms with Crippen LogP contribution in [0.3, 0.4) is 0 Å². The first-order chi connectivity index (χ1) is 8.84. The van der Waals surface area contributed by atoms with Crippen LogP contribution in [-0.4, -0.2) is 21.1 Å². The Bertz CT molecular complexity index is 614. The van der Waals surface area contributed by atoms with Crippen molar-refractivity contribution in [2.45, 2.75) is 20.0 Å². The summed E-state index contributed by atoms with van der Waals surface area (Å²) in [6.45, 7) is 3.33. The number of hydrogen-bond donors (Lipinski definition) is 0. The second-order valence-corrected chi connectivity index (χ2v) is 4.01. The molecule has 0 bridgehead atoms. The monoisotopic (exact) mass is 269 g/mol. The second kappa shape index (κ2) is 4.49. The molecule has 0 aliphatic heterocycles. The third-order valence-corrected chi connectivity index (χ3v) is 2.75. The fraction of sp³-hybridized carbons (Fsp3) is 0.250. The van der Waals surface area contributed by atoms with Crippen LogP contribution in [0.5, 0.6) is 0 Å². The highest BCUT2D eigenvalue weighted by Crippen LogP contribution is 2.27. The predicted octanol–water partition coefficient (Wildman–Crippen LogP) is 2.72. The Morgan fingerprint density at radius 3 is 2.37 bits per heavy atom. The van der Waals surface area contributed by atoms with Gasteiger partial charge in [0.15, 0.2) is 6.29 Å². The largest absolute Gasteiger partial charge is 0.433 e. The first-order valence-corrected chi connectivity index (χ1v) is 5.39. The third-order valence-electron chi connectivity index (χ3n) is 2.75. The summed E-state index contributed by atoms with van der Waals surface area (Å²) in [6, 6.07) is 2.15. The lowest BCUT2D eigenvalue weighted by molar-refractivity contribution is -0.141. The van der Waals surface area contributed by atoms with Gasteiger partial charge >= 0.3 is 6.18 Å². The lowest BCUT2D eigenvalue weighted by atomic mass is 10.2. The minimum Gasteiger partial charge on any atom is -0.298 e. The molecule has 0 amide bonds. The molecule has 2 rings (SSSR count). The summed E-state index contributed by atoms with van der Waals surface area (Å²) < 4.78 is 38.6. The molecule has 7 heteroatoms. The highest BCUT2D eigenvalue weighted by atomic mass is 19.4. The predicted molar refractivity (Wildman–Crippen MR) is 61.2 cm³/mol. The van der Waals surface area contributed by atoms with Crippen molar-refractivity contribution in [1.82, 2.24) is 14.8 Å². The molecule has 0 spiro atoms. The van der Waals surface area contributed by atoms with E-state index >= 15 is 0 Å². The SMILES string of the molecule is Cc1nn(-c2ccc(C(F)(F)F)nc2)c(C)c1C=O. The number of pyridine rings is 1. The van der Waals surface area contributed by atoms with E-state index in [1.807, 2.05) is 0 Å². The van der Waals surface area contributed by atoms with Gasteiger partial charge in [-0.15, -0.1) is 0 Å². The van der Waals surface area contributed by atoms with E-state index in [9.17, 15) is 18.0 Å². The first kappa shape index (κ1) is 13.3. The molecule has 0 radical (unpaired) electrons. The fourth-order valence-electron chi connectivity index (χ4n) is 1.76. The third kappa shape index (κ3) is 2.35. The number of aromatic nitrogens is 3. The van der Waals surface area contributed by atoms with Gasteiger partial charge in [-0.2, -0.15) is 18.3 Å².